The normalized spacial score (nSPS) is 13.3. The van der Waals surface area contributed by atoms with Gasteiger partial charge in [0.05, 0.1) is 18.4 Å². The average Bonchev–Trinajstić information content (AvgIpc) is 3.14. The lowest BCUT2D eigenvalue weighted by molar-refractivity contribution is -0.119. The van der Waals surface area contributed by atoms with E-state index in [0.29, 0.717) is 25.2 Å². The van der Waals surface area contributed by atoms with Gasteiger partial charge in [-0.15, -0.1) is 0 Å². The van der Waals surface area contributed by atoms with Crippen LogP contribution in [0.3, 0.4) is 0 Å². The summed E-state index contributed by atoms with van der Waals surface area (Å²) in [5, 5.41) is 7.13. The van der Waals surface area contributed by atoms with E-state index in [1.807, 2.05) is 36.4 Å². The molecule has 4 rings (SSSR count). The molecule has 0 saturated carbocycles. The highest BCUT2D eigenvalue weighted by Crippen LogP contribution is 2.27. The predicted octanol–water partition coefficient (Wildman–Crippen LogP) is 2.63. The van der Waals surface area contributed by atoms with E-state index in [1.165, 1.54) is 0 Å². The van der Waals surface area contributed by atoms with Crippen LogP contribution in [0.1, 0.15) is 24.0 Å². The van der Waals surface area contributed by atoms with Crippen molar-refractivity contribution in [2.24, 2.45) is 0 Å². The van der Waals surface area contributed by atoms with E-state index in [0.717, 1.165) is 23.2 Å². The number of carbonyl (C=O) groups excluding carboxylic acids is 2. The Bertz CT molecular complexity index is 983. The van der Waals surface area contributed by atoms with Gasteiger partial charge in [0.1, 0.15) is 0 Å². The van der Waals surface area contributed by atoms with E-state index in [-0.39, 0.29) is 18.2 Å². The maximum Gasteiger partial charge on any atom is 0.227 e. The van der Waals surface area contributed by atoms with Gasteiger partial charge in [-0.25, -0.2) is 0 Å². The smallest absolute Gasteiger partial charge is 0.227 e. The fraction of sp³-hybridized carbons (Fsp3) is 0.238. The molecule has 0 radical (unpaired) electrons. The van der Waals surface area contributed by atoms with Gasteiger partial charge in [-0.1, -0.05) is 18.2 Å². The molecule has 1 aromatic carbocycles. The molecule has 0 aliphatic carbocycles. The summed E-state index contributed by atoms with van der Waals surface area (Å²) < 4.78 is 1.76. The first-order chi connectivity index (χ1) is 13.7. The first-order valence-corrected chi connectivity index (χ1v) is 9.28. The number of fused-ring (bicyclic) bond motifs is 1. The van der Waals surface area contributed by atoms with Crippen molar-refractivity contribution in [3.63, 3.8) is 0 Å². The lowest BCUT2D eigenvalue weighted by Gasteiger charge is -2.29. The molecule has 2 amide bonds. The SMILES string of the molecule is O=C(CCN1C(=O)CCc2ccccc21)Nc1cnn(Cc2ccncc2)c1. The Hall–Kier alpha value is -3.48. The van der Waals surface area contributed by atoms with Crippen molar-refractivity contribution < 1.29 is 9.59 Å². The largest absolute Gasteiger partial charge is 0.323 e. The molecule has 0 spiro atoms. The highest BCUT2D eigenvalue weighted by molar-refractivity contribution is 5.98. The topological polar surface area (TPSA) is 80.1 Å². The van der Waals surface area contributed by atoms with E-state index in [2.05, 4.69) is 15.4 Å². The van der Waals surface area contributed by atoms with Crippen molar-refractivity contribution in [3.05, 3.63) is 72.3 Å². The van der Waals surface area contributed by atoms with Gasteiger partial charge >= 0.3 is 0 Å². The van der Waals surface area contributed by atoms with Crippen LogP contribution in [0.4, 0.5) is 11.4 Å². The molecule has 7 heteroatoms. The average molecular weight is 375 g/mol. The molecule has 0 unspecified atom stereocenters. The predicted molar refractivity (Wildman–Crippen MR) is 106 cm³/mol. The van der Waals surface area contributed by atoms with Gasteiger partial charge in [-0.3, -0.25) is 19.3 Å². The monoisotopic (exact) mass is 375 g/mol. The van der Waals surface area contributed by atoms with Gasteiger partial charge in [0, 0.05) is 43.7 Å². The lowest BCUT2D eigenvalue weighted by atomic mass is 10.0. The molecular weight excluding hydrogens is 354 g/mol. The summed E-state index contributed by atoms with van der Waals surface area (Å²) in [6.45, 7) is 0.976. The fourth-order valence-electron chi connectivity index (χ4n) is 3.37. The summed E-state index contributed by atoms with van der Waals surface area (Å²) in [6.07, 6.45) is 8.37. The molecule has 3 aromatic rings. The molecule has 0 saturated heterocycles. The minimum absolute atomic E-state index is 0.0664. The number of nitrogens with zero attached hydrogens (tertiary/aromatic N) is 4. The molecule has 1 aliphatic heterocycles. The van der Waals surface area contributed by atoms with E-state index >= 15 is 0 Å². The number of anilines is 2. The van der Waals surface area contributed by atoms with Crippen LogP contribution >= 0.6 is 0 Å². The molecule has 1 N–H and O–H groups in total. The Morgan fingerprint density at radius 2 is 1.93 bits per heavy atom. The Balaban J connectivity index is 1.33. The van der Waals surface area contributed by atoms with Crippen LogP contribution < -0.4 is 10.2 Å². The van der Waals surface area contributed by atoms with Gasteiger partial charge in [-0.05, 0) is 35.7 Å². The number of hydrogen-bond donors (Lipinski definition) is 1. The zero-order valence-electron chi connectivity index (χ0n) is 15.4. The highest BCUT2D eigenvalue weighted by atomic mass is 16.2. The maximum atomic E-state index is 12.3. The molecule has 1 aliphatic rings. The van der Waals surface area contributed by atoms with Crippen molar-refractivity contribution >= 4 is 23.2 Å². The van der Waals surface area contributed by atoms with Crippen LogP contribution in [0.15, 0.2) is 61.2 Å². The third kappa shape index (κ3) is 4.09. The summed E-state index contributed by atoms with van der Waals surface area (Å²) in [7, 11) is 0. The second-order valence-electron chi connectivity index (χ2n) is 6.75. The Morgan fingerprint density at radius 3 is 2.79 bits per heavy atom. The summed E-state index contributed by atoms with van der Waals surface area (Å²) in [4.78, 5) is 30.3. The van der Waals surface area contributed by atoms with Crippen molar-refractivity contribution in [2.45, 2.75) is 25.8 Å². The number of aromatic nitrogens is 3. The van der Waals surface area contributed by atoms with Gasteiger partial charge in [0.25, 0.3) is 0 Å². The summed E-state index contributed by atoms with van der Waals surface area (Å²) in [6, 6.07) is 11.7. The number of para-hydroxylation sites is 1. The number of nitrogens with one attached hydrogen (secondary N) is 1. The standard InChI is InChI=1S/C21H21N5O2/c27-20(9-12-26-19-4-2-1-3-17(19)5-6-21(26)28)24-18-13-23-25(15-18)14-16-7-10-22-11-8-16/h1-4,7-8,10-11,13,15H,5-6,9,12,14H2,(H,24,27). The Labute approximate surface area is 163 Å². The van der Waals surface area contributed by atoms with Crippen LogP contribution in [0.2, 0.25) is 0 Å². The van der Waals surface area contributed by atoms with Crippen LogP contribution in [0.5, 0.6) is 0 Å². The van der Waals surface area contributed by atoms with Gasteiger partial charge in [0.2, 0.25) is 11.8 Å². The summed E-state index contributed by atoms with van der Waals surface area (Å²) in [5.74, 6) is -0.0732. The Morgan fingerprint density at radius 1 is 1.11 bits per heavy atom. The van der Waals surface area contributed by atoms with E-state index in [4.69, 9.17) is 0 Å². The first-order valence-electron chi connectivity index (χ1n) is 9.28. The van der Waals surface area contributed by atoms with E-state index < -0.39 is 0 Å². The highest BCUT2D eigenvalue weighted by Gasteiger charge is 2.24. The molecule has 0 atom stereocenters. The number of hydrogen-bond acceptors (Lipinski definition) is 4. The van der Waals surface area contributed by atoms with Crippen molar-refractivity contribution in [1.82, 2.24) is 14.8 Å². The minimum atomic E-state index is -0.140. The second kappa shape index (κ2) is 8.04. The first kappa shape index (κ1) is 17.9. The molecular formula is C21H21N5O2. The summed E-state index contributed by atoms with van der Waals surface area (Å²) >= 11 is 0. The maximum absolute atomic E-state index is 12.3. The molecule has 142 valence electrons. The number of carbonyl (C=O) groups is 2. The molecule has 28 heavy (non-hydrogen) atoms. The fourth-order valence-corrected chi connectivity index (χ4v) is 3.37. The number of benzene rings is 1. The van der Waals surface area contributed by atoms with E-state index in [1.54, 1.807) is 34.4 Å². The van der Waals surface area contributed by atoms with E-state index in [9.17, 15) is 9.59 Å². The van der Waals surface area contributed by atoms with Crippen LogP contribution in [-0.2, 0) is 22.6 Å². The quantitative estimate of drug-likeness (QED) is 0.718. The molecule has 3 heterocycles. The van der Waals surface area contributed by atoms with Crippen LogP contribution in [-0.4, -0.2) is 33.1 Å². The molecule has 2 aromatic heterocycles. The van der Waals surface area contributed by atoms with Gasteiger partial charge in [0.15, 0.2) is 0 Å². The summed E-state index contributed by atoms with van der Waals surface area (Å²) in [5.41, 5.74) is 3.79. The van der Waals surface area contributed by atoms with Crippen LogP contribution in [0.25, 0.3) is 0 Å². The third-order valence-electron chi connectivity index (χ3n) is 4.77. The van der Waals surface area contributed by atoms with Crippen molar-refractivity contribution in [2.75, 3.05) is 16.8 Å². The third-order valence-corrected chi connectivity index (χ3v) is 4.77. The number of amides is 2. The van der Waals surface area contributed by atoms with Gasteiger partial charge in [-0.2, -0.15) is 5.10 Å². The van der Waals surface area contributed by atoms with Gasteiger partial charge < -0.3 is 10.2 Å². The second-order valence-corrected chi connectivity index (χ2v) is 6.75. The minimum Gasteiger partial charge on any atom is -0.323 e. The zero-order chi connectivity index (χ0) is 19.3. The molecule has 7 nitrogen and oxygen atoms in total. The van der Waals surface area contributed by atoms with Crippen molar-refractivity contribution in [1.29, 1.82) is 0 Å². The van der Waals surface area contributed by atoms with Crippen molar-refractivity contribution in [3.8, 4) is 0 Å². The Kier molecular flexibility index (Phi) is 5.14. The zero-order valence-corrected chi connectivity index (χ0v) is 15.4. The molecule has 0 bridgehead atoms. The van der Waals surface area contributed by atoms with Crippen LogP contribution in [0, 0.1) is 0 Å². The molecule has 0 fully saturated rings. The number of aryl methyl sites for hydroxylation is 1. The number of rotatable bonds is 6. The number of pyridine rings is 1. The lowest BCUT2D eigenvalue weighted by Crippen LogP contribution is -2.37.